The van der Waals surface area contributed by atoms with E-state index in [-0.39, 0.29) is 10.6 Å². The highest BCUT2D eigenvalue weighted by atomic mass is 35.5. The van der Waals surface area contributed by atoms with E-state index in [4.69, 9.17) is 16.3 Å². The quantitative estimate of drug-likeness (QED) is 0.892. The van der Waals surface area contributed by atoms with E-state index < -0.39 is 10.0 Å². The minimum absolute atomic E-state index is 0.0877. The summed E-state index contributed by atoms with van der Waals surface area (Å²) in [6, 6.07) is 10.0. The van der Waals surface area contributed by atoms with Gasteiger partial charge in [-0.05, 0) is 42.8 Å². The molecule has 0 saturated carbocycles. The Bertz CT molecular complexity index is 820. The second-order valence-corrected chi connectivity index (χ2v) is 7.40. The van der Waals surface area contributed by atoms with E-state index in [1.807, 2.05) is 25.9 Å². The maximum Gasteiger partial charge on any atom is 0.265 e. The van der Waals surface area contributed by atoms with Crippen LogP contribution in [-0.2, 0) is 10.0 Å². The molecule has 0 aliphatic carbocycles. The van der Waals surface area contributed by atoms with Crippen molar-refractivity contribution in [2.24, 2.45) is 0 Å². The van der Waals surface area contributed by atoms with E-state index >= 15 is 0 Å². The van der Waals surface area contributed by atoms with Gasteiger partial charge in [-0.2, -0.15) is 0 Å². The Labute approximate surface area is 141 Å². The lowest BCUT2D eigenvalue weighted by Gasteiger charge is -2.19. The second-order valence-electron chi connectivity index (χ2n) is 5.32. The molecule has 0 atom stereocenters. The average molecular weight is 355 g/mol. The lowest BCUT2D eigenvalue weighted by molar-refractivity contribution is 0.402. The third kappa shape index (κ3) is 3.89. The summed E-state index contributed by atoms with van der Waals surface area (Å²) >= 11 is 6.00. The van der Waals surface area contributed by atoms with Gasteiger partial charge in [0.2, 0.25) is 0 Å². The molecule has 0 fully saturated rings. The van der Waals surface area contributed by atoms with Crippen molar-refractivity contribution in [2.75, 3.05) is 30.8 Å². The fourth-order valence-electron chi connectivity index (χ4n) is 2.17. The number of hydrogen-bond acceptors (Lipinski definition) is 4. The van der Waals surface area contributed by atoms with E-state index in [0.717, 1.165) is 5.56 Å². The fraction of sp³-hybridized carbons (Fsp3) is 0.250. The van der Waals surface area contributed by atoms with Crippen molar-refractivity contribution < 1.29 is 13.2 Å². The van der Waals surface area contributed by atoms with Crippen LogP contribution < -0.4 is 14.4 Å². The van der Waals surface area contributed by atoms with Gasteiger partial charge in [0.25, 0.3) is 10.0 Å². The predicted octanol–water partition coefficient (Wildman–Crippen LogP) is 3.52. The lowest BCUT2D eigenvalue weighted by Crippen LogP contribution is -2.18. The first-order valence-corrected chi connectivity index (χ1v) is 8.75. The Kier molecular flexibility index (Phi) is 5.06. The number of nitrogens with zero attached hydrogens (tertiary/aromatic N) is 1. The summed E-state index contributed by atoms with van der Waals surface area (Å²) < 4.78 is 33.3. The van der Waals surface area contributed by atoms with Gasteiger partial charge in [0.1, 0.15) is 10.6 Å². The number of ether oxygens (including phenoxy) is 1. The number of sulfonamides is 1. The first kappa shape index (κ1) is 17.4. The fourth-order valence-corrected chi connectivity index (χ4v) is 3.67. The molecule has 0 saturated heterocycles. The number of halogens is 1. The van der Waals surface area contributed by atoms with E-state index in [9.17, 15) is 8.42 Å². The molecular weight excluding hydrogens is 336 g/mol. The molecule has 0 unspecified atom stereocenters. The van der Waals surface area contributed by atoms with Crippen LogP contribution in [0, 0.1) is 6.92 Å². The maximum absolute atomic E-state index is 12.8. The Hall–Kier alpha value is -1.92. The molecule has 0 aliphatic rings. The molecule has 5 nitrogen and oxygen atoms in total. The van der Waals surface area contributed by atoms with E-state index in [2.05, 4.69) is 4.72 Å². The van der Waals surface area contributed by atoms with Gasteiger partial charge in [-0.25, -0.2) is 8.42 Å². The summed E-state index contributed by atoms with van der Waals surface area (Å²) in [5, 5.41) is 0.449. The third-order valence-electron chi connectivity index (χ3n) is 3.29. The van der Waals surface area contributed by atoms with E-state index in [0.29, 0.717) is 16.4 Å². The highest BCUT2D eigenvalue weighted by Crippen LogP contribution is 2.32. The maximum atomic E-state index is 12.8. The minimum atomic E-state index is -3.81. The smallest absolute Gasteiger partial charge is 0.265 e. The topological polar surface area (TPSA) is 58.6 Å². The molecule has 0 aliphatic heterocycles. The van der Waals surface area contributed by atoms with Gasteiger partial charge < -0.3 is 9.64 Å². The number of hydrogen-bond donors (Lipinski definition) is 1. The van der Waals surface area contributed by atoms with Crippen LogP contribution in [0.1, 0.15) is 5.56 Å². The monoisotopic (exact) mass is 354 g/mol. The first-order valence-electron chi connectivity index (χ1n) is 6.89. The summed E-state index contributed by atoms with van der Waals surface area (Å²) in [4.78, 5) is 1.89. The van der Waals surface area contributed by atoms with Crippen LogP contribution in [0.2, 0.25) is 5.02 Å². The summed E-state index contributed by atoms with van der Waals surface area (Å²) in [5.74, 6) is 0.288. The van der Waals surface area contributed by atoms with Gasteiger partial charge in [-0.15, -0.1) is 0 Å². The van der Waals surface area contributed by atoms with Crippen molar-refractivity contribution >= 4 is 33.0 Å². The number of methoxy groups -OCH3 is 1. The van der Waals surface area contributed by atoms with Crippen LogP contribution in [0.25, 0.3) is 0 Å². The zero-order valence-corrected chi connectivity index (χ0v) is 15.0. The van der Waals surface area contributed by atoms with Gasteiger partial charge in [-0.3, -0.25) is 4.72 Å². The van der Waals surface area contributed by atoms with Crippen molar-refractivity contribution in [3.63, 3.8) is 0 Å². The zero-order valence-electron chi connectivity index (χ0n) is 13.4. The number of aryl methyl sites for hydroxylation is 1. The predicted molar refractivity (Wildman–Crippen MR) is 94.3 cm³/mol. The molecule has 0 radical (unpaired) electrons. The molecule has 124 valence electrons. The van der Waals surface area contributed by atoms with Crippen molar-refractivity contribution in [3.8, 4) is 5.75 Å². The number of anilines is 2. The Morgan fingerprint density at radius 2 is 1.83 bits per heavy atom. The largest absolute Gasteiger partial charge is 0.495 e. The van der Waals surface area contributed by atoms with Crippen LogP contribution in [0.5, 0.6) is 5.75 Å². The van der Waals surface area contributed by atoms with Crippen LogP contribution in [0.4, 0.5) is 11.4 Å². The summed E-state index contributed by atoms with van der Waals surface area (Å²) in [6.07, 6.45) is 0. The van der Waals surface area contributed by atoms with Crippen LogP contribution >= 0.6 is 11.6 Å². The number of rotatable bonds is 5. The molecule has 0 heterocycles. The summed E-state index contributed by atoms with van der Waals surface area (Å²) in [5.41, 5.74) is 1.95. The second kappa shape index (κ2) is 6.68. The Balaban J connectivity index is 2.51. The standard InChI is InChI=1S/C16H19ClN2O3S/c1-11-5-8-15(22-4)16(9-11)23(20,21)18-13-10-12(17)6-7-14(13)19(2)3/h5-10,18H,1-4H3. The molecule has 2 rings (SSSR count). The van der Waals surface area contributed by atoms with Crippen molar-refractivity contribution in [2.45, 2.75) is 11.8 Å². The minimum Gasteiger partial charge on any atom is -0.495 e. The molecule has 2 aromatic carbocycles. The van der Waals surface area contributed by atoms with E-state index in [1.54, 1.807) is 36.4 Å². The normalized spacial score (nSPS) is 11.2. The van der Waals surface area contributed by atoms with Crippen molar-refractivity contribution in [3.05, 3.63) is 47.0 Å². The molecule has 0 spiro atoms. The highest BCUT2D eigenvalue weighted by Gasteiger charge is 2.21. The van der Waals surface area contributed by atoms with Gasteiger partial charge in [0, 0.05) is 19.1 Å². The van der Waals surface area contributed by atoms with E-state index in [1.165, 1.54) is 7.11 Å². The van der Waals surface area contributed by atoms with Crippen molar-refractivity contribution in [1.29, 1.82) is 0 Å². The van der Waals surface area contributed by atoms with Gasteiger partial charge >= 0.3 is 0 Å². The summed E-state index contributed by atoms with van der Waals surface area (Å²) in [6.45, 7) is 1.82. The Morgan fingerprint density at radius 3 is 2.43 bits per heavy atom. The summed E-state index contributed by atoms with van der Waals surface area (Å²) in [7, 11) is 1.28. The number of benzene rings is 2. The van der Waals surface area contributed by atoms with Crippen LogP contribution in [-0.4, -0.2) is 29.6 Å². The highest BCUT2D eigenvalue weighted by molar-refractivity contribution is 7.92. The number of nitrogens with one attached hydrogen (secondary N) is 1. The third-order valence-corrected chi connectivity index (χ3v) is 4.92. The molecule has 0 aromatic heterocycles. The van der Waals surface area contributed by atoms with Gasteiger partial charge in [0.05, 0.1) is 18.5 Å². The zero-order chi connectivity index (χ0) is 17.2. The molecular formula is C16H19ClN2O3S. The Morgan fingerprint density at radius 1 is 1.13 bits per heavy atom. The molecule has 7 heteroatoms. The van der Waals surface area contributed by atoms with Gasteiger partial charge in [-0.1, -0.05) is 17.7 Å². The molecule has 2 aromatic rings. The van der Waals surface area contributed by atoms with Gasteiger partial charge in [0.15, 0.2) is 0 Å². The molecule has 0 amide bonds. The van der Waals surface area contributed by atoms with Crippen LogP contribution in [0.15, 0.2) is 41.3 Å². The lowest BCUT2D eigenvalue weighted by atomic mass is 10.2. The SMILES string of the molecule is COc1ccc(C)cc1S(=O)(=O)Nc1cc(Cl)ccc1N(C)C. The molecule has 23 heavy (non-hydrogen) atoms. The molecule has 0 bridgehead atoms. The molecule has 1 N–H and O–H groups in total. The average Bonchev–Trinajstić information content (AvgIpc) is 2.46. The first-order chi connectivity index (χ1) is 10.7. The van der Waals surface area contributed by atoms with Crippen LogP contribution in [0.3, 0.4) is 0 Å². The van der Waals surface area contributed by atoms with Crippen molar-refractivity contribution in [1.82, 2.24) is 0 Å².